The second kappa shape index (κ2) is 7.45. The van der Waals surface area contributed by atoms with E-state index in [2.05, 4.69) is 6.92 Å². The Balaban J connectivity index is 0.813. The maximum Gasteiger partial charge on any atom is 0.312 e. The third-order valence-corrected chi connectivity index (χ3v) is 18.9. The number of hydrogen-bond acceptors (Lipinski definition) is 6. The molecule has 11 saturated carbocycles. The van der Waals surface area contributed by atoms with Gasteiger partial charge in [0.1, 0.15) is 13.2 Å². The van der Waals surface area contributed by atoms with Crippen LogP contribution in [0, 0.1) is 79.3 Å². The second-order valence-corrected chi connectivity index (χ2v) is 19.7. The Morgan fingerprint density at radius 3 is 2.00 bits per heavy atom. The van der Waals surface area contributed by atoms with Crippen LogP contribution >= 0.6 is 0 Å². The fraction of sp³-hybridized carbons (Fsp3) is 0.947. The molecule has 0 N–H and O–H groups in total. The van der Waals surface area contributed by atoms with Crippen LogP contribution in [0.3, 0.4) is 0 Å². The van der Waals surface area contributed by atoms with E-state index in [0.717, 1.165) is 86.4 Å². The topological polar surface area (TPSA) is 71.1 Å². The molecule has 6 heteroatoms. The number of carbonyl (C=O) groups excluding carboxylic acids is 2. The lowest BCUT2D eigenvalue weighted by molar-refractivity contribution is -0.274. The molecule has 6 bridgehead atoms. The van der Waals surface area contributed by atoms with Crippen molar-refractivity contribution in [2.24, 2.45) is 79.3 Å². The van der Waals surface area contributed by atoms with Crippen LogP contribution in [0.5, 0.6) is 0 Å². The maximum absolute atomic E-state index is 14.0. The zero-order valence-electron chi connectivity index (χ0n) is 26.6. The molecule has 10 unspecified atom stereocenters. The van der Waals surface area contributed by atoms with Gasteiger partial charge in [-0.15, -0.1) is 0 Å². The molecule has 44 heavy (non-hydrogen) atoms. The molecule has 0 aromatic carbocycles. The molecular weight excluding hydrogens is 552 g/mol. The summed E-state index contributed by atoms with van der Waals surface area (Å²) in [6, 6.07) is 0. The third kappa shape index (κ3) is 2.48. The summed E-state index contributed by atoms with van der Waals surface area (Å²) >= 11 is 0. The van der Waals surface area contributed by atoms with Gasteiger partial charge in [0, 0.05) is 5.41 Å². The number of ether oxygens (including phenoxy) is 4. The average Bonchev–Trinajstić information content (AvgIpc) is 3.79. The first kappa shape index (κ1) is 25.9. The summed E-state index contributed by atoms with van der Waals surface area (Å²) in [7, 11) is 0. The summed E-state index contributed by atoms with van der Waals surface area (Å²) in [6.45, 7) is 3.75. The Labute approximate surface area is 261 Å². The molecule has 3 spiro atoms. The summed E-state index contributed by atoms with van der Waals surface area (Å²) in [4.78, 5) is 28.1. The monoisotopic (exact) mass is 602 g/mol. The predicted octanol–water partition coefficient (Wildman–Crippen LogP) is 6.10. The zero-order chi connectivity index (χ0) is 29.1. The van der Waals surface area contributed by atoms with Gasteiger partial charge < -0.3 is 18.9 Å². The van der Waals surface area contributed by atoms with E-state index in [1.165, 1.54) is 51.4 Å². The molecule has 12 aliphatic rings. The molecule has 0 amide bonds. The van der Waals surface area contributed by atoms with E-state index in [0.29, 0.717) is 24.0 Å². The number of carbonyl (C=O) groups is 2. The van der Waals surface area contributed by atoms with Crippen molar-refractivity contribution in [2.45, 2.75) is 115 Å². The lowest BCUT2D eigenvalue weighted by atomic mass is 9.30. The van der Waals surface area contributed by atoms with Crippen molar-refractivity contribution in [3.05, 3.63) is 0 Å². The largest absolute Gasteiger partial charge is 0.464 e. The van der Waals surface area contributed by atoms with Gasteiger partial charge in [0.05, 0.1) is 41.7 Å². The SMILES string of the molecule is CCC12CC3CC4OCC(COC(=O)C56CC7CC8CC(C5)C87C6)(COC(=O)C56CC7CC8CC(C5)C76C8)COC(C1)C34C2. The van der Waals surface area contributed by atoms with Gasteiger partial charge in [0.25, 0.3) is 0 Å². The van der Waals surface area contributed by atoms with E-state index in [1.54, 1.807) is 0 Å². The van der Waals surface area contributed by atoms with Crippen molar-refractivity contribution in [2.75, 3.05) is 26.4 Å². The smallest absolute Gasteiger partial charge is 0.312 e. The molecule has 0 aromatic rings. The van der Waals surface area contributed by atoms with Crippen LogP contribution in [0.25, 0.3) is 0 Å². The number of hydrogen-bond donors (Lipinski definition) is 0. The van der Waals surface area contributed by atoms with E-state index in [-0.39, 0.29) is 59.0 Å². The van der Waals surface area contributed by atoms with Crippen molar-refractivity contribution >= 4 is 11.9 Å². The highest BCUT2D eigenvalue weighted by molar-refractivity contribution is 5.82. The fourth-order valence-corrected chi connectivity index (χ4v) is 17.1. The van der Waals surface area contributed by atoms with E-state index in [9.17, 15) is 9.59 Å². The van der Waals surface area contributed by atoms with Crippen LogP contribution in [0.1, 0.15) is 103 Å². The van der Waals surface area contributed by atoms with Gasteiger partial charge in [-0.3, -0.25) is 9.59 Å². The molecule has 0 aromatic heterocycles. The van der Waals surface area contributed by atoms with Crippen molar-refractivity contribution in [1.29, 1.82) is 0 Å². The Morgan fingerprint density at radius 1 is 0.659 bits per heavy atom. The number of esters is 2. The van der Waals surface area contributed by atoms with Crippen LogP contribution in [0.4, 0.5) is 0 Å². The van der Waals surface area contributed by atoms with Gasteiger partial charge >= 0.3 is 11.9 Å². The lowest BCUT2D eigenvalue weighted by Crippen LogP contribution is -2.72. The highest BCUT2D eigenvalue weighted by Gasteiger charge is 2.84. The first-order valence-corrected chi connectivity index (χ1v) is 18.8. The quantitative estimate of drug-likeness (QED) is 0.328. The number of fused-ring (bicyclic) bond motifs is 3. The second-order valence-electron chi connectivity index (χ2n) is 19.7. The van der Waals surface area contributed by atoms with Gasteiger partial charge in [-0.1, -0.05) is 13.3 Å². The minimum Gasteiger partial charge on any atom is -0.464 e. The molecule has 6 nitrogen and oxygen atoms in total. The number of rotatable bonds is 7. The molecule has 1 saturated heterocycles. The Hall–Kier alpha value is -1.14. The molecule has 10 atom stereocenters. The van der Waals surface area contributed by atoms with Crippen molar-refractivity contribution in [3.8, 4) is 0 Å². The van der Waals surface area contributed by atoms with Gasteiger partial charge in [-0.25, -0.2) is 0 Å². The van der Waals surface area contributed by atoms with Gasteiger partial charge in [0.2, 0.25) is 0 Å². The van der Waals surface area contributed by atoms with Crippen LogP contribution < -0.4 is 0 Å². The molecule has 1 aliphatic heterocycles. The molecular formula is C38H50O6. The minimum atomic E-state index is -0.639. The van der Waals surface area contributed by atoms with E-state index in [4.69, 9.17) is 18.9 Å². The zero-order valence-corrected chi connectivity index (χ0v) is 26.6. The summed E-state index contributed by atoms with van der Waals surface area (Å²) in [5.74, 6) is 5.53. The van der Waals surface area contributed by atoms with Crippen molar-refractivity contribution in [3.63, 3.8) is 0 Å². The van der Waals surface area contributed by atoms with Crippen LogP contribution in [-0.2, 0) is 28.5 Å². The first-order chi connectivity index (χ1) is 21.2. The molecule has 12 rings (SSSR count). The normalized spacial score (nSPS) is 64.6. The van der Waals surface area contributed by atoms with E-state index < -0.39 is 5.41 Å². The van der Waals surface area contributed by atoms with Gasteiger partial charge in [0.15, 0.2) is 0 Å². The molecule has 0 radical (unpaired) electrons. The molecule has 1 heterocycles. The van der Waals surface area contributed by atoms with Crippen LogP contribution in [0.15, 0.2) is 0 Å². The highest BCUT2D eigenvalue weighted by Crippen LogP contribution is 2.87. The summed E-state index contributed by atoms with van der Waals surface area (Å²) < 4.78 is 26.7. The fourth-order valence-electron chi connectivity index (χ4n) is 17.1. The van der Waals surface area contributed by atoms with Crippen LogP contribution in [-0.4, -0.2) is 50.6 Å². The van der Waals surface area contributed by atoms with Crippen molar-refractivity contribution in [1.82, 2.24) is 0 Å². The van der Waals surface area contributed by atoms with Crippen LogP contribution in [0.2, 0.25) is 0 Å². The lowest BCUT2D eigenvalue weighted by Gasteiger charge is -2.72. The molecule has 12 fully saturated rings. The van der Waals surface area contributed by atoms with Gasteiger partial charge in [-0.05, 0) is 148 Å². The summed E-state index contributed by atoms with van der Waals surface area (Å²) in [6.07, 6.45) is 18.3. The highest BCUT2D eigenvalue weighted by atomic mass is 16.6. The van der Waals surface area contributed by atoms with Crippen molar-refractivity contribution < 1.29 is 28.5 Å². The van der Waals surface area contributed by atoms with E-state index in [1.807, 2.05) is 0 Å². The Kier molecular flexibility index (Phi) is 4.38. The summed E-state index contributed by atoms with van der Waals surface area (Å²) in [5, 5.41) is 0. The first-order valence-electron chi connectivity index (χ1n) is 18.8. The Morgan fingerprint density at radius 2 is 1.34 bits per heavy atom. The minimum absolute atomic E-state index is 0.0244. The third-order valence-electron chi connectivity index (χ3n) is 18.9. The summed E-state index contributed by atoms with van der Waals surface area (Å²) in [5.41, 5.74) is 0.182. The average molecular weight is 603 g/mol. The Bertz CT molecular complexity index is 1350. The standard InChI is InChI=1S/C38H50O6/c1-2-32-9-25-7-28-37(25,15-32)29(14-32)42-18-33(17-41-28,19-43-30(39)34-10-23-5-22-6-24(11-34)36(22,23)16-34)20-44-31(40)35-12-26-3-21-4-27(13-35)38(26,35)8-21/h21-29H,2-20H2,1H3. The predicted molar refractivity (Wildman–Crippen MR) is 158 cm³/mol. The van der Waals surface area contributed by atoms with E-state index >= 15 is 0 Å². The molecule has 238 valence electrons. The maximum atomic E-state index is 14.0. The molecule has 11 aliphatic carbocycles. The van der Waals surface area contributed by atoms with Gasteiger partial charge in [-0.2, -0.15) is 0 Å².